The van der Waals surface area contributed by atoms with Crippen molar-refractivity contribution in [3.05, 3.63) is 0 Å². The average molecular weight is 244 g/mol. The molecule has 0 unspecified atom stereocenters. The second-order valence-electron chi connectivity index (χ2n) is 4.65. The fourth-order valence-electron chi connectivity index (χ4n) is 1.93. The highest BCUT2D eigenvalue weighted by molar-refractivity contribution is 5.56. The predicted molar refractivity (Wildman–Crippen MR) is 70.4 cm³/mol. The molecule has 0 aromatic rings. The molecule has 0 aliphatic rings. The van der Waals surface area contributed by atoms with E-state index in [1.165, 1.54) is 57.8 Å². The van der Waals surface area contributed by atoms with Crippen molar-refractivity contribution in [1.29, 1.82) is 0 Å². The van der Waals surface area contributed by atoms with Crippen molar-refractivity contribution in [2.24, 2.45) is 0 Å². The summed E-state index contributed by atoms with van der Waals surface area (Å²) < 4.78 is 4.44. The summed E-state index contributed by atoms with van der Waals surface area (Å²) in [6.07, 6.45) is 12.8. The molecule has 0 aromatic heterocycles. The van der Waals surface area contributed by atoms with Crippen LogP contribution in [0.15, 0.2) is 0 Å². The molecule has 0 aliphatic carbocycles. The summed E-state index contributed by atoms with van der Waals surface area (Å²) in [7, 11) is 0. The summed E-state index contributed by atoms with van der Waals surface area (Å²) in [5, 5.41) is 8.25. The molecule has 0 heterocycles. The smallest absolute Gasteiger partial charge is 0.450 e. The van der Waals surface area contributed by atoms with Crippen molar-refractivity contribution in [2.75, 3.05) is 6.61 Å². The molecular weight excluding hydrogens is 216 g/mol. The number of hydrogen-bond acceptors (Lipinski definition) is 2. The first-order valence-electron chi connectivity index (χ1n) is 7.13. The molecule has 0 saturated heterocycles. The van der Waals surface area contributed by atoms with E-state index in [1.807, 2.05) is 0 Å². The van der Waals surface area contributed by atoms with Gasteiger partial charge >= 0.3 is 6.16 Å². The van der Waals surface area contributed by atoms with Gasteiger partial charge in [-0.25, -0.2) is 4.79 Å². The number of ether oxygens (including phenoxy) is 1. The van der Waals surface area contributed by atoms with Gasteiger partial charge in [0.05, 0.1) is 6.61 Å². The predicted octanol–water partition coefficient (Wildman–Crippen LogP) is 4.99. The van der Waals surface area contributed by atoms with Crippen LogP contribution in [0.25, 0.3) is 0 Å². The molecule has 0 atom stereocenters. The maximum absolute atomic E-state index is 10.1. The molecule has 102 valence electrons. The van der Waals surface area contributed by atoms with Gasteiger partial charge in [0.1, 0.15) is 0 Å². The lowest BCUT2D eigenvalue weighted by atomic mass is 10.1. The number of carbonyl (C=O) groups is 1. The van der Waals surface area contributed by atoms with E-state index in [4.69, 9.17) is 5.11 Å². The SMILES string of the molecule is CCCCCCCCCCCCCOC(=O)O. The van der Waals surface area contributed by atoms with Crippen LogP contribution in [0.3, 0.4) is 0 Å². The van der Waals surface area contributed by atoms with Crippen molar-refractivity contribution >= 4 is 6.16 Å². The summed E-state index contributed by atoms with van der Waals surface area (Å²) in [5.74, 6) is 0. The van der Waals surface area contributed by atoms with Crippen LogP contribution in [-0.4, -0.2) is 17.9 Å². The quantitative estimate of drug-likeness (QED) is 0.388. The average Bonchev–Trinajstić information content (AvgIpc) is 2.30. The molecule has 17 heavy (non-hydrogen) atoms. The summed E-state index contributed by atoms with van der Waals surface area (Å²) in [4.78, 5) is 10.1. The number of hydrogen-bond donors (Lipinski definition) is 1. The highest BCUT2D eigenvalue weighted by atomic mass is 16.7. The second kappa shape index (κ2) is 13.3. The molecule has 0 spiro atoms. The molecule has 0 fully saturated rings. The largest absolute Gasteiger partial charge is 0.505 e. The van der Waals surface area contributed by atoms with E-state index in [-0.39, 0.29) is 0 Å². The molecular formula is C14H28O3. The first-order valence-corrected chi connectivity index (χ1v) is 7.13. The Bertz CT molecular complexity index is 169. The second-order valence-corrected chi connectivity index (χ2v) is 4.65. The Morgan fingerprint density at radius 3 is 1.65 bits per heavy atom. The molecule has 0 aromatic carbocycles. The van der Waals surface area contributed by atoms with E-state index in [2.05, 4.69) is 11.7 Å². The molecule has 0 bridgehead atoms. The Labute approximate surface area is 106 Å². The first kappa shape index (κ1) is 16.3. The minimum atomic E-state index is -1.16. The molecule has 0 amide bonds. The Morgan fingerprint density at radius 2 is 1.24 bits per heavy atom. The van der Waals surface area contributed by atoms with Gasteiger partial charge in [0.25, 0.3) is 0 Å². The molecule has 0 rings (SSSR count). The van der Waals surface area contributed by atoms with E-state index >= 15 is 0 Å². The van der Waals surface area contributed by atoms with Gasteiger partial charge in [-0.15, -0.1) is 0 Å². The van der Waals surface area contributed by atoms with Crippen LogP contribution in [0.5, 0.6) is 0 Å². The van der Waals surface area contributed by atoms with E-state index in [9.17, 15) is 4.79 Å². The maximum atomic E-state index is 10.1. The lowest BCUT2D eigenvalue weighted by Gasteiger charge is -2.02. The monoisotopic (exact) mass is 244 g/mol. The number of rotatable bonds is 12. The summed E-state index contributed by atoms with van der Waals surface area (Å²) in [6.45, 7) is 2.60. The topological polar surface area (TPSA) is 46.5 Å². The third-order valence-corrected chi connectivity index (χ3v) is 2.97. The third kappa shape index (κ3) is 15.3. The van der Waals surface area contributed by atoms with Crippen LogP contribution in [-0.2, 0) is 4.74 Å². The van der Waals surface area contributed by atoms with Gasteiger partial charge in [-0.3, -0.25) is 0 Å². The molecule has 3 heteroatoms. The van der Waals surface area contributed by atoms with E-state index in [0.29, 0.717) is 6.61 Å². The highest BCUT2D eigenvalue weighted by Crippen LogP contribution is 2.11. The Kier molecular flexibility index (Phi) is 12.8. The van der Waals surface area contributed by atoms with Gasteiger partial charge in [-0.05, 0) is 6.42 Å². The highest BCUT2D eigenvalue weighted by Gasteiger charge is 1.96. The van der Waals surface area contributed by atoms with Crippen LogP contribution in [0.1, 0.15) is 77.6 Å². The molecule has 0 aliphatic heterocycles. The maximum Gasteiger partial charge on any atom is 0.505 e. The van der Waals surface area contributed by atoms with Crippen LogP contribution in [0, 0.1) is 0 Å². The molecule has 0 radical (unpaired) electrons. The van der Waals surface area contributed by atoms with E-state index < -0.39 is 6.16 Å². The van der Waals surface area contributed by atoms with Gasteiger partial charge in [-0.1, -0.05) is 71.1 Å². The minimum Gasteiger partial charge on any atom is -0.450 e. The molecule has 3 nitrogen and oxygen atoms in total. The molecule has 0 saturated carbocycles. The fraction of sp³-hybridized carbons (Fsp3) is 0.929. The van der Waals surface area contributed by atoms with Gasteiger partial charge in [-0.2, -0.15) is 0 Å². The van der Waals surface area contributed by atoms with Crippen LogP contribution >= 0.6 is 0 Å². The zero-order valence-electron chi connectivity index (χ0n) is 11.2. The van der Waals surface area contributed by atoms with Crippen molar-refractivity contribution in [3.8, 4) is 0 Å². The van der Waals surface area contributed by atoms with Gasteiger partial charge < -0.3 is 9.84 Å². The summed E-state index contributed by atoms with van der Waals surface area (Å²) in [6, 6.07) is 0. The zero-order chi connectivity index (χ0) is 12.8. The third-order valence-electron chi connectivity index (χ3n) is 2.97. The number of carboxylic acid groups (broad SMARTS) is 1. The Balaban J connectivity index is 2.91. The van der Waals surface area contributed by atoms with E-state index in [1.54, 1.807) is 0 Å². The lowest BCUT2D eigenvalue weighted by molar-refractivity contribution is 0.0899. The Morgan fingerprint density at radius 1 is 0.824 bits per heavy atom. The minimum absolute atomic E-state index is 0.354. The summed E-state index contributed by atoms with van der Waals surface area (Å²) in [5.41, 5.74) is 0. The van der Waals surface area contributed by atoms with Crippen LogP contribution in [0.4, 0.5) is 4.79 Å². The fourth-order valence-corrected chi connectivity index (χ4v) is 1.93. The van der Waals surface area contributed by atoms with Crippen molar-refractivity contribution in [3.63, 3.8) is 0 Å². The van der Waals surface area contributed by atoms with E-state index in [0.717, 1.165) is 12.8 Å². The first-order chi connectivity index (χ1) is 8.27. The Hall–Kier alpha value is -0.730. The zero-order valence-corrected chi connectivity index (χ0v) is 11.2. The summed E-state index contributed by atoms with van der Waals surface area (Å²) >= 11 is 0. The van der Waals surface area contributed by atoms with Gasteiger partial charge in [0, 0.05) is 0 Å². The van der Waals surface area contributed by atoms with Crippen molar-refractivity contribution < 1.29 is 14.6 Å². The van der Waals surface area contributed by atoms with Gasteiger partial charge in [0.15, 0.2) is 0 Å². The molecule has 1 N–H and O–H groups in total. The van der Waals surface area contributed by atoms with Gasteiger partial charge in [0.2, 0.25) is 0 Å². The van der Waals surface area contributed by atoms with Crippen LogP contribution < -0.4 is 0 Å². The standard InChI is InChI=1S/C14H28O3/c1-2-3-4-5-6-7-8-9-10-11-12-13-17-14(15)16/h2-13H2,1H3,(H,15,16). The normalized spacial score (nSPS) is 10.4. The van der Waals surface area contributed by atoms with Crippen LogP contribution in [0.2, 0.25) is 0 Å². The number of unbranched alkanes of at least 4 members (excludes halogenated alkanes) is 10. The lowest BCUT2D eigenvalue weighted by Crippen LogP contribution is -2.01. The van der Waals surface area contributed by atoms with Crippen molar-refractivity contribution in [2.45, 2.75) is 77.6 Å². The van der Waals surface area contributed by atoms with Crippen molar-refractivity contribution in [1.82, 2.24) is 0 Å².